The number of carbonyl (C=O) groups is 1. The summed E-state index contributed by atoms with van der Waals surface area (Å²) in [4.78, 5) is 16.9. The van der Waals surface area contributed by atoms with Gasteiger partial charge in [0.25, 0.3) is 0 Å². The third-order valence-electron chi connectivity index (χ3n) is 3.30. The van der Waals surface area contributed by atoms with Gasteiger partial charge in [-0.25, -0.2) is 4.98 Å². The van der Waals surface area contributed by atoms with E-state index < -0.39 is 11.9 Å². The van der Waals surface area contributed by atoms with Crippen molar-refractivity contribution < 1.29 is 22.7 Å². The molecule has 20 heavy (non-hydrogen) atoms. The van der Waals surface area contributed by atoms with Crippen molar-refractivity contribution in [1.82, 2.24) is 4.98 Å². The first-order valence-corrected chi connectivity index (χ1v) is 6.29. The largest absolute Gasteiger partial charge is 0.469 e. The average molecular weight is 288 g/mol. The van der Waals surface area contributed by atoms with E-state index in [2.05, 4.69) is 9.72 Å². The van der Waals surface area contributed by atoms with Crippen molar-refractivity contribution in [3.8, 4) is 0 Å². The summed E-state index contributed by atoms with van der Waals surface area (Å²) in [6.45, 7) is 0.919. The molecule has 2 rings (SSSR count). The van der Waals surface area contributed by atoms with Gasteiger partial charge in [-0.3, -0.25) is 4.79 Å². The van der Waals surface area contributed by atoms with Gasteiger partial charge in [-0.2, -0.15) is 13.2 Å². The molecule has 2 heterocycles. The van der Waals surface area contributed by atoms with Gasteiger partial charge in [0.2, 0.25) is 0 Å². The molecule has 1 atom stereocenters. The predicted octanol–water partition coefficient (Wildman–Crippen LogP) is 2.49. The summed E-state index contributed by atoms with van der Waals surface area (Å²) in [6, 6.07) is 3.78. The number of esters is 1. The zero-order valence-corrected chi connectivity index (χ0v) is 11.0. The molecule has 0 bridgehead atoms. The number of piperidine rings is 1. The van der Waals surface area contributed by atoms with Crippen LogP contribution in [0, 0.1) is 5.92 Å². The third-order valence-corrected chi connectivity index (χ3v) is 3.30. The van der Waals surface area contributed by atoms with Gasteiger partial charge in [0.05, 0.1) is 13.0 Å². The topological polar surface area (TPSA) is 42.4 Å². The Balaban J connectivity index is 2.17. The van der Waals surface area contributed by atoms with Crippen molar-refractivity contribution in [3.63, 3.8) is 0 Å². The number of aromatic nitrogens is 1. The van der Waals surface area contributed by atoms with E-state index in [9.17, 15) is 18.0 Å². The highest BCUT2D eigenvalue weighted by Crippen LogP contribution is 2.30. The molecule has 1 saturated heterocycles. The number of methoxy groups -OCH3 is 1. The second-order valence-corrected chi connectivity index (χ2v) is 4.69. The van der Waals surface area contributed by atoms with Crippen molar-refractivity contribution in [2.75, 3.05) is 25.1 Å². The molecule has 0 aromatic carbocycles. The number of anilines is 1. The first-order valence-electron chi connectivity index (χ1n) is 6.29. The second-order valence-electron chi connectivity index (χ2n) is 4.69. The van der Waals surface area contributed by atoms with Crippen LogP contribution in [0.5, 0.6) is 0 Å². The van der Waals surface area contributed by atoms with Gasteiger partial charge in [-0.15, -0.1) is 0 Å². The SMILES string of the molecule is COC(=O)C1CCCN(c2cccc(C(F)(F)F)n2)C1. The summed E-state index contributed by atoms with van der Waals surface area (Å²) in [5.41, 5.74) is -0.921. The Kier molecular flexibility index (Phi) is 4.15. The molecule has 0 amide bonds. The third kappa shape index (κ3) is 3.20. The number of nitrogens with zero attached hydrogens (tertiary/aromatic N) is 2. The maximum atomic E-state index is 12.6. The molecule has 1 fully saturated rings. The highest BCUT2D eigenvalue weighted by Gasteiger charge is 2.33. The Labute approximate surface area is 114 Å². The van der Waals surface area contributed by atoms with E-state index in [-0.39, 0.29) is 17.7 Å². The normalized spacial score (nSPS) is 19.8. The maximum absolute atomic E-state index is 12.6. The molecule has 1 aromatic heterocycles. The Hall–Kier alpha value is -1.79. The molecule has 1 unspecified atom stereocenters. The van der Waals surface area contributed by atoms with Crippen LogP contribution >= 0.6 is 0 Å². The fourth-order valence-corrected chi connectivity index (χ4v) is 2.30. The molecule has 0 saturated carbocycles. The van der Waals surface area contributed by atoms with E-state index in [0.29, 0.717) is 19.5 Å². The van der Waals surface area contributed by atoms with Crippen molar-refractivity contribution >= 4 is 11.8 Å². The molecule has 1 aromatic rings. The zero-order valence-electron chi connectivity index (χ0n) is 11.0. The number of halogens is 3. The van der Waals surface area contributed by atoms with Crippen LogP contribution in [0.2, 0.25) is 0 Å². The van der Waals surface area contributed by atoms with E-state index in [1.54, 1.807) is 4.90 Å². The predicted molar refractivity (Wildman–Crippen MR) is 66.2 cm³/mol. The van der Waals surface area contributed by atoms with Crippen LogP contribution in [-0.4, -0.2) is 31.2 Å². The first-order chi connectivity index (χ1) is 9.41. The highest BCUT2D eigenvalue weighted by molar-refractivity contribution is 5.73. The lowest BCUT2D eigenvalue weighted by atomic mass is 9.98. The van der Waals surface area contributed by atoms with E-state index in [1.807, 2.05) is 0 Å². The molecule has 0 aliphatic carbocycles. The fraction of sp³-hybridized carbons (Fsp3) is 0.538. The number of hydrogen-bond donors (Lipinski definition) is 0. The quantitative estimate of drug-likeness (QED) is 0.784. The van der Waals surface area contributed by atoms with Crippen LogP contribution in [0.4, 0.5) is 19.0 Å². The van der Waals surface area contributed by atoms with E-state index in [0.717, 1.165) is 12.5 Å². The van der Waals surface area contributed by atoms with Gasteiger partial charge < -0.3 is 9.64 Å². The summed E-state index contributed by atoms with van der Waals surface area (Å²) >= 11 is 0. The van der Waals surface area contributed by atoms with Gasteiger partial charge in [-0.1, -0.05) is 6.07 Å². The van der Waals surface area contributed by atoms with Gasteiger partial charge >= 0.3 is 12.1 Å². The maximum Gasteiger partial charge on any atom is 0.433 e. The molecule has 7 heteroatoms. The number of ether oxygens (including phenoxy) is 1. The van der Waals surface area contributed by atoms with Crippen LogP contribution in [0.1, 0.15) is 18.5 Å². The van der Waals surface area contributed by atoms with Gasteiger partial charge in [0.1, 0.15) is 11.5 Å². The summed E-state index contributed by atoms with van der Waals surface area (Å²) < 4.78 is 42.6. The van der Waals surface area contributed by atoms with E-state index in [1.165, 1.54) is 19.2 Å². The lowest BCUT2D eigenvalue weighted by molar-refractivity contribution is -0.145. The minimum atomic E-state index is -4.46. The number of carbonyl (C=O) groups excluding carboxylic acids is 1. The summed E-state index contributed by atoms with van der Waals surface area (Å²) in [6.07, 6.45) is -3.06. The Bertz CT molecular complexity index is 491. The molecular weight excluding hydrogens is 273 g/mol. The van der Waals surface area contributed by atoms with Crippen LogP contribution in [0.3, 0.4) is 0 Å². The standard InChI is InChI=1S/C13H15F3N2O2/c1-20-12(19)9-4-3-7-18(8-9)11-6-2-5-10(17-11)13(14,15)16/h2,5-6,9H,3-4,7-8H2,1H3. The van der Waals surface area contributed by atoms with Gasteiger partial charge in [0.15, 0.2) is 0 Å². The van der Waals surface area contributed by atoms with E-state index in [4.69, 9.17) is 0 Å². The monoisotopic (exact) mass is 288 g/mol. The molecule has 1 aliphatic heterocycles. The second kappa shape index (κ2) is 5.68. The lowest BCUT2D eigenvalue weighted by Crippen LogP contribution is -2.39. The van der Waals surface area contributed by atoms with Crippen LogP contribution in [0.25, 0.3) is 0 Å². The van der Waals surface area contributed by atoms with Gasteiger partial charge in [0, 0.05) is 13.1 Å². The summed E-state index contributed by atoms with van der Waals surface area (Å²) in [5.74, 6) is -0.403. The molecule has 0 radical (unpaired) electrons. The van der Waals surface area contributed by atoms with Crippen molar-refractivity contribution in [1.29, 1.82) is 0 Å². The Morgan fingerprint density at radius 2 is 2.20 bits per heavy atom. The molecule has 110 valence electrons. The summed E-state index contributed by atoms with van der Waals surface area (Å²) in [7, 11) is 1.31. The van der Waals surface area contributed by atoms with E-state index >= 15 is 0 Å². The number of hydrogen-bond acceptors (Lipinski definition) is 4. The van der Waals surface area contributed by atoms with Gasteiger partial charge in [-0.05, 0) is 25.0 Å². The van der Waals surface area contributed by atoms with Crippen molar-refractivity contribution in [2.45, 2.75) is 19.0 Å². The lowest BCUT2D eigenvalue weighted by Gasteiger charge is -2.32. The highest BCUT2D eigenvalue weighted by atomic mass is 19.4. The molecule has 4 nitrogen and oxygen atoms in total. The van der Waals surface area contributed by atoms with Crippen LogP contribution in [0.15, 0.2) is 18.2 Å². The summed E-state index contributed by atoms with van der Waals surface area (Å²) in [5, 5.41) is 0. The molecule has 0 N–H and O–H groups in total. The van der Waals surface area contributed by atoms with Crippen LogP contribution in [-0.2, 0) is 15.7 Å². The minimum absolute atomic E-state index is 0.244. The molecule has 0 spiro atoms. The molecule has 1 aliphatic rings. The average Bonchev–Trinajstić information content (AvgIpc) is 2.46. The zero-order chi connectivity index (χ0) is 14.8. The fourth-order valence-electron chi connectivity index (χ4n) is 2.30. The van der Waals surface area contributed by atoms with Crippen LogP contribution < -0.4 is 4.90 Å². The molecular formula is C13H15F3N2O2. The number of rotatable bonds is 2. The first kappa shape index (κ1) is 14.6. The number of pyridine rings is 1. The minimum Gasteiger partial charge on any atom is -0.469 e. The van der Waals surface area contributed by atoms with Crippen molar-refractivity contribution in [3.05, 3.63) is 23.9 Å². The Morgan fingerprint density at radius 1 is 1.45 bits per heavy atom. The number of alkyl halides is 3. The smallest absolute Gasteiger partial charge is 0.433 e. The van der Waals surface area contributed by atoms with Crippen molar-refractivity contribution in [2.24, 2.45) is 5.92 Å². The Morgan fingerprint density at radius 3 is 2.85 bits per heavy atom.